The molecular weight excluding hydrogens is 171 g/mol. The smallest absolute Gasteiger partial charge is 0.222 e. The molecule has 1 aromatic rings. The van der Waals surface area contributed by atoms with E-state index in [9.17, 15) is 0 Å². The van der Waals surface area contributed by atoms with Crippen molar-refractivity contribution in [3.8, 4) is 0 Å². The molecular formula is C6H4Cl2N2. The van der Waals surface area contributed by atoms with Gasteiger partial charge in [0.25, 0.3) is 0 Å². The molecule has 0 N–H and O–H groups in total. The highest BCUT2D eigenvalue weighted by molar-refractivity contribution is 6.32. The first kappa shape index (κ1) is 7.51. The Hall–Kier alpha value is -0.600. The zero-order chi connectivity index (χ0) is 7.56. The summed E-state index contributed by atoms with van der Waals surface area (Å²) < 4.78 is 0. The van der Waals surface area contributed by atoms with Crippen LogP contribution >= 0.6 is 23.2 Å². The van der Waals surface area contributed by atoms with Crippen molar-refractivity contribution in [3.63, 3.8) is 0 Å². The van der Waals surface area contributed by atoms with E-state index < -0.39 is 0 Å². The molecule has 0 fully saturated rings. The summed E-state index contributed by atoms with van der Waals surface area (Å²) in [6.45, 7) is 3.50. The van der Waals surface area contributed by atoms with Gasteiger partial charge in [0, 0.05) is 0 Å². The highest BCUT2D eigenvalue weighted by Crippen LogP contribution is 2.14. The number of aromatic nitrogens is 2. The van der Waals surface area contributed by atoms with E-state index in [1.165, 1.54) is 12.3 Å². The van der Waals surface area contributed by atoms with Crippen LogP contribution in [0.15, 0.2) is 12.8 Å². The van der Waals surface area contributed by atoms with Crippen molar-refractivity contribution in [3.05, 3.63) is 28.8 Å². The summed E-state index contributed by atoms with van der Waals surface area (Å²) in [5.74, 6) is 0. The van der Waals surface area contributed by atoms with Gasteiger partial charge in [0.15, 0.2) is 0 Å². The van der Waals surface area contributed by atoms with Crippen molar-refractivity contribution in [1.29, 1.82) is 0 Å². The molecule has 2 nitrogen and oxygen atoms in total. The lowest BCUT2D eigenvalue weighted by molar-refractivity contribution is 1.15. The number of hydrogen-bond acceptors (Lipinski definition) is 2. The highest BCUT2D eigenvalue weighted by Gasteiger charge is 1.97. The average Bonchev–Trinajstić information content (AvgIpc) is 1.94. The SMILES string of the molecule is C=Cc1nc(Cl)ncc1Cl. The molecule has 1 aromatic heterocycles. The predicted molar refractivity (Wildman–Crippen MR) is 42.1 cm³/mol. The molecule has 0 aliphatic carbocycles. The molecule has 0 saturated heterocycles. The molecule has 0 bridgehead atoms. The van der Waals surface area contributed by atoms with Gasteiger partial charge in [-0.1, -0.05) is 18.2 Å². The molecule has 0 atom stereocenters. The number of nitrogens with zero attached hydrogens (tertiary/aromatic N) is 2. The van der Waals surface area contributed by atoms with Crippen LogP contribution in [-0.2, 0) is 0 Å². The molecule has 10 heavy (non-hydrogen) atoms. The first-order valence-corrected chi connectivity index (χ1v) is 3.30. The van der Waals surface area contributed by atoms with Gasteiger partial charge >= 0.3 is 0 Å². The van der Waals surface area contributed by atoms with Crippen LogP contribution in [-0.4, -0.2) is 9.97 Å². The van der Waals surface area contributed by atoms with Crippen LogP contribution < -0.4 is 0 Å². The summed E-state index contributed by atoms with van der Waals surface area (Å²) in [5.41, 5.74) is 0.557. The zero-order valence-electron chi connectivity index (χ0n) is 5.01. The van der Waals surface area contributed by atoms with Crippen molar-refractivity contribution < 1.29 is 0 Å². The Bertz CT molecular complexity index is 260. The van der Waals surface area contributed by atoms with Gasteiger partial charge in [-0.15, -0.1) is 0 Å². The van der Waals surface area contributed by atoms with Crippen LogP contribution in [0.2, 0.25) is 10.3 Å². The third-order valence-electron chi connectivity index (χ3n) is 0.935. The summed E-state index contributed by atoms with van der Waals surface area (Å²) in [7, 11) is 0. The summed E-state index contributed by atoms with van der Waals surface area (Å²) in [6.07, 6.45) is 2.96. The van der Waals surface area contributed by atoms with Crippen LogP contribution in [0.1, 0.15) is 5.69 Å². The second-order valence-electron chi connectivity index (χ2n) is 1.58. The summed E-state index contributed by atoms with van der Waals surface area (Å²) in [4.78, 5) is 7.46. The second-order valence-corrected chi connectivity index (χ2v) is 2.32. The second kappa shape index (κ2) is 2.99. The minimum atomic E-state index is 0.180. The van der Waals surface area contributed by atoms with Gasteiger partial charge in [0.1, 0.15) is 0 Å². The molecule has 0 aliphatic heterocycles. The molecule has 0 radical (unpaired) electrons. The Kier molecular flexibility index (Phi) is 2.25. The van der Waals surface area contributed by atoms with E-state index in [-0.39, 0.29) is 5.28 Å². The Morgan fingerprint density at radius 1 is 1.50 bits per heavy atom. The molecule has 0 amide bonds. The van der Waals surface area contributed by atoms with Crippen molar-refractivity contribution in [2.75, 3.05) is 0 Å². The molecule has 0 saturated carbocycles. The van der Waals surface area contributed by atoms with Gasteiger partial charge in [-0.2, -0.15) is 0 Å². The zero-order valence-corrected chi connectivity index (χ0v) is 6.52. The first-order chi connectivity index (χ1) is 4.74. The van der Waals surface area contributed by atoms with Gasteiger partial charge < -0.3 is 0 Å². The average molecular weight is 175 g/mol. The summed E-state index contributed by atoms with van der Waals surface area (Å²) in [5, 5.41) is 0.638. The largest absolute Gasteiger partial charge is 0.225 e. The van der Waals surface area contributed by atoms with Crippen LogP contribution in [0.25, 0.3) is 6.08 Å². The van der Waals surface area contributed by atoms with Crippen LogP contribution in [0.4, 0.5) is 0 Å². The van der Waals surface area contributed by atoms with Crippen LogP contribution in [0, 0.1) is 0 Å². The number of rotatable bonds is 1. The van der Waals surface area contributed by atoms with Crippen molar-refractivity contribution in [1.82, 2.24) is 9.97 Å². The summed E-state index contributed by atoms with van der Waals surface area (Å²) >= 11 is 11.1. The highest BCUT2D eigenvalue weighted by atomic mass is 35.5. The number of halogens is 2. The molecule has 0 aromatic carbocycles. The minimum Gasteiger partial charge on any atom is -0.225 e. The van der Waals surface area contributed by atoms with E-state index >= 15 is 0 Å². The lowest BCUT2D eigenvalue weighted by Crippen LogP contribution is -1.85. The van der Waals surface area contributed by atoms with E-state index in [1.807, 2.05) is 0 Å². The van der Waals surface area contributed by atoms with Gasteiger partial charge in [0.05, 0.1) is 16.9 Å². The maximum atomic E-state index is 5.64. The van der Waals surface area contributed by atoms with Gasteiger partial charge in [-0.25, -0.2) is 9.97 Å². The lowest BCUT2D eigenvalue weighted by Gasteiger charge is -1.94. The van der Waals surface area contributed by atoms with E-state index in [0.29, 0.717) is 10.7 Å². The fourth-order valence-corrected chi connectivity index (χ4v) is 0.809. The van der Waals surface area contributed by atoms with Gasteiger partial charge in [-0.05, 0) is 17.7 Å². The quantitative estimate of drug-likeness (QED) is 0.612. The maximum absolute atomic E-state index is 5.64. The van der Waals surface area contributed by atoms with Gasteiger partial charge in [-0.3, -0.25) is 0 Å². The Morgan fingerprint density at radius 3 is 2.70 bits per heavy atom. The molecule has 52 valence electrons. The molecule has 0 unspecified atom stereocenters. The number of hydrogen-bond donors (Lipinski definition) is 0. The van der Waals surface area contributed by atoms with Crippen molar-refractivity contribution in [2.24, 2.45) is 0 Å². The third-order valence-corrected chi connectivity index (χ3v) is 1.41. The monoisotopic (exact) mass is 174 g/mol. The first-order valence-electron chi connectivity index (χ1n) is 2.54. The van der Waals surface area contributed by atoms with E-state index in [4.69, 9.17) is 23.2 Å². The van der Waals surface area contributed by atoms with E-state index in [2.05, 4.69) is 16.5 Å². The normalized spacial score (nSPS) is 9.40. The minimum absolute atomic E-state index is 0.180. The molecule has 1 rings (SSSR count). The van der Waals surface area contributed by atoms with E-state index in [1.54, 1.807) is 0 Å². The molecule has 0 aliphatic rings. The van der Waals surface area contributed by atoms with Crippen molar-refractivity contribution >= 4 is 29.3 Å². The lowest BCUT2D eigenvalue weighted by atomic mass is 10.4. The Morgan fingerprint density at radius 2 is 2.20 bits per heavy atom. The molecule has 0 spiro atoms. The molecule has 1 heterocycles. The Labute approximate surface area is 68.5 Å². The van der Waals surface area contributed by atoms with Crippen molar-refractivity contribution in [2.45, 2.75) is 0 Å². The third kappa shape index (κ3) is 1.46. The van der Waals surface area contributed by atoms with Crippen LogP contribution in [0.3, 0.4) is 0 Å². The van der Waals surface area contributed by atoms with E-state index in [0.717, 1.165) is 0 Å². The van der Waals surface area contributed by atoms with Crippen LogP contribution in [0.5, 0.6) is 0 Å². The predicted octanol–water partition coefficient (Wildman–Crippen LogP) is 2.43. The van der Waals surface area contributed by atoms with Gasteiger partial charge in [0.2, 0.25) is 5.28 Å². The maximum Gasteiger partial charge on any atom is 0.222 e. The summed E-state index contributed by atoms with van der Waals surface area (Å²) in [6, 6.07) is 0. The fourth-order valence-electron chi connectivity index (χ4n) is 0.501. The molecule has 4 heteroatoms. The standard InChI is InChI=1S/C6H4Cl2N2/c1-2-5-4(7)3-9-6(8)10-5/h2-3H,1H2. The Balaban J connectivity index is 3.21. The topological polar surface area (TPSA) is 25.8 Å². The fraction of sp³-hybridized carbons (Fsp3) is 0.